The zero-order valence-corrected chi connectivity index (χ0v) is 13.9. The van der Waals surface area contributed by atoms with E-state index < -0.39 is 0 Å². The van der Waals surface area contributed by atoms with E-state index in [9.17, 15) is 4.79 Å². The second-order valence-electron chi connectivity index (χ2n) is 6.64. The SMILES string of the molecule is CN1CCC(NC(=O)NC2CCN(c3ccccn3)CC2)CC1. The van der Waals surface area contributed by atoms with Crippen molar-refractivity contribution in [1.82, 2.24) is 20.5 Å². The summed E-state index contributed by atoms with van der Waals surface area (Å²) < 4.78 is 0. The fraction of sp³-hybridized carbons (Fsp3) is 0.647. The van der Waals surface area contributed by atoms with Crippen molar-refractivity contribution >= 4 is 11.8 Å². The van der Waals surface area contributed by atoms with Crippen LogP contribution in [0.2, 0.25) is 0 Å². The highest BCUT2D eigenvalue weighted by molar-refractivity contribution is 5.74. The fourth-order valence-electron chi connectivity index (χ4n) is 3.36. The van der Waals surface area contributed by atoms with Crippen molar-refractivity contribution in [1.29, 1.82) is 0 Å². The highest BCUT2D eigenvalue weighted by Crippen LogP contribution is 2.17. The summed E-state index contributed by atoms with van der Waals surface area (Å²) in [6.45, 7) is 4.01. The lowest BCUT2D eigenvalue weighted by Gasteiger charge is -2.34. The average Bonchev–Trinajstić information content (AvgIpc) is 2.58. The summed E-state index contributed by atoms with van der Waals surface area (Å²) in [5.41, 5.74) is 0. The largest absolute Gasteiger partial charge is 0.356 e. The molecule has 0 radical (unpaired) electrons. The van der Waals surface area contributed by atoms with E-state index in [2.05, 4.69) is 32.5 Å². The number of hydrogen-bond donors (Lipinski definition) is 2. The highest BCUT2D eigenvalue weighted by Gasteiger charge is 2.23. The Hall–Kier alpha value is -1.82. The summed E-state index contributed by atoms with van der Waals surface area (Å²) in [5.74, 6) is 1.03. The lowest BCUT2D eigenvalue weighted by atomic mass is 10.0. The van der Waals surface area contributed by atoms with Crippen LogP contribution in [0.3, 0.4) is 0 Å². The minimum absolute atomic E-state index is 0.00385. The first kappa shape index (κ1) is 16.1. The van der Waals surface area contributed by atoms with Gasteiger partial charge in [0.25, 0.3) is 0 Å². The predicted octanol–water partition coefficient (Wildman–Crippen LogP) is 1.44. The molecule has 23 heavy (non-hydrogen) atoms. The van der Waals surface area contributed by atoms with Crippen LogP contribution in [0.15, 0.2) is 24.4 Å². The molecule has 2 aliphatic heterocycles. The fourth-order valence-corrected chi connectivity index (χ4v) is 3.36. The Morgan fingerprint density at radius 1 is 1.04 bits per heavy atom. The van der Waals surface area contributed by atoms with Crippen molar-refractivity contribution in [3.63, 3.8) is 0 Å². The van der Waals surface area contributed by atoms with Crippen molar-refractivity contribution in [2.75, 3.05) is 38.1 Å². The number of amides is 2. The first-order valence-corrected chi connectivity index (χ1v) is 8.62. The minimum atomic E-state index is -0.00385. The molecule has 3 rings (SSSR count). The number of hydrogen-bond acceptors (Lipinski definition) is 4. The number of rotatable bonds is 3. The van der Waals surface area contributed by atoms with Gasteiger partial charge in [-0.3, -0.25) is 0 Å². The van der Waals surface area contributed by atoms with Gasteiger partial charge >= 0.3 is 6.03 Å². The smallest absolute Gasteiger partial charge is 0.315 e. The zero-order chi connectivity index (χ0) is 16.1. The second-order valence-corrected chi connectivity index (χ2v) is 6.64. The van der Waals surface area contributed by atoms with Crippen molar-refractivity contribution < 1.29 is 4.79 Å². The summed E-state index contributed by atoms with van der Waals surface area (Å²) in [4.78, 5) is 21.1. The molecule has 6 nitrogen and oxygen atoms in total. The van der Waals surface area contributed by atoms with Crippen LogP contribution in [0.5, 0.6) is 0 Å². The Morgan fingerprint density at radius 2 is 1.65 bits per heavy atom. The molecule has 0 unspecified atom stereocenters. The van der Waals surface area contributed by atoms with E-state index in [1.165, 1.54) is 0 Å². The topological polar surface area (TPSA) is 60.5 Å². The molecule has 2 N–H and O–H groups in total. The molecule has 0 bridgehead atoms. The number of aromatic nitrogens is 1. The molecule has 126 valence electrons. The summed E-state index contributed by atoms with van der Waals surface area (Å²) >= 11 is 0. The molecule has 3 heterocycles. The lowest BCUT2D eigenvalue weighted by Crippen LogP contribution is -2.52. The lowest BCUT2D eigenvalue weighted by molar-refractivity contribution is 0.209. The first-order valence-electron chi connectivity index (χ1n) is 8.62. The van der Waals surface area contributed by atoms with Crippen LogP contribution in [0.4, 0.5) is 10.6 Å². The van der Waals surface area contributed by atoms with Crippen molar-refractivity contribution in [2.24, 2.45) is 0 Å². The van der Waals surface area contributed by atoms with Gasteiger partial charge in [0.15, 0.2) is 0 Å². The molecule has 2 aliphatic rings. The number of nitrogens with one attached hydrogen (secondary N) is 2. The van der Waals surface area contributed by atoms with Crippen LogP contribution in [0.1, 0.15) is 25.7 Å². The van der Waals surface area contributed by atoms with Gasteiger partial charge in [0, 0.05) is 31.4 Å². The molecule has 0 aromatic carbocycles. The number of likely N-dealkylation sites (tertiary alicyclic amines) is 1. The van der Waals surface area contributed by atoms with E-state index in [1.807, 2.05) is 24.4 Å². The maximum Gasteiger partial charge on any atom is 0.315 e. The van der Waals surface area contributed by atoms with Crippen molar-refractivity contribution in [3.8, 4) is 0 Å². The second kappa shape index (κ2) is 7.64. The molecule has 0 saturated carbocycles. The molecule has 0 spiro atoms. The number of carbonyl (C=O) groups excluding carboxylic acids is 1. The summed E-state index contributed by atoms with van der Waals surface area (Å²) in [5, 5.41) is 6.27. The summed E-state index contributed by atoms with van der Waals surface area (Å²) in [6.07, 6.45) is 5.85. The van der Waals surface area contributed by atoms with Crippen LogP contribution in [0, 0.1) is 0 Å². The van der Waals surface area contributed by atoms with Gasteiger partial charge in [0.1, 0.15) is 5.82 Å². The molecule has 0 atom stereocenters. The van der Waals surface area contributed by atoms with Crippen LogP contribution < -0.4 is 15.5 Å². The molecular weight excluding hydrogens is 290 g/mol. The first-order chi connectivity index (χ1) is 11.2. The molecule has 1 aromatic rings. The Balaban J connectivity index is 1.39. The van der Waals surface area contributed by atoms with E-state index in [1.54, 1.807) is 0 Å². The van der Waals surface area contributed by atoms with Gasteiger partial charge in [0.05, 0.1) is 0 Å². The quantitative estimate of drug-likeness (QED) is 0.886. The molecule has 6 heteroatoms. The normalized spacial score (nSPS) is 21.2. The number of carbonyl (C=O) groups is 1. The molecule has 0 aliphatic carbocycles. The molecular formula is C17H27N5O. The third-order valence-electron chi connectivity index (χ3n) is 4.86. The third-order valence-corrected chi connectivity index (χ3v) is 4.86. The van der Waals surface area contributed by atoms with E-state index >= 15 is 0 Å². The van der Waals surface area contributed by atoms with Gasteiger partial charge in [-0.15, -0.1) is 0 Å². The molecule has 2 fully saturated rings. The average molecular weight is 317 g/mol. The Labute approximate surface area is 138 Å². The van der Waals surface area contributed by atoms with Crippen LogP contribution in [-0.4, -0.2) is 61.2 Å². The van der Waals surface area contributed by atoms with Crippen molar-refractivity contribution in [2.45, 2.75) is 37.8 Å². The zero-order valence-electron chi connectivity index (χ0n) is 13.9. The van der Waals surface area contributed by atoms with Gasteiger partial charge in [-0.25, -0.2) is 9.78 Å². The van der Waals surface area contributed by atoms with E-state index in [-0.39, 0.29) is 12.1 Å². The summed E-state index contributed by atoms with van der Waals surface area (Å²) in [7, 11) is 2.13. The van der Waals surface area contributed by atoms with E-state index in [0.717, 1.165) is 57.7 Å². The predicted molar refractivity (Wildman–Crippen MR) is 91.7 cm³/mol. The van der Waals surface area contributed by atoms with Gasteiger partial charge in [-0.05, 0) is 58.0 Å². The number of pyridine rings is 1. The Kier molecular flexibility index (Phi) is 5.33. The van der Waals surface area contributed by atoms with Crippen LogP contribution in [0.25, 0.3) is 0 Å². The van der Waals surface area contributed by atoms with E-state index in [4.69, 9.17) is 0 Å². The van der Waals surface area contributed by atoms with Crippen molar-refractivity contribution in [3.05, 3.63) is 24.4 Å². The number of piperidine rings is 2. The van der Waals surface area contributed by atoms with Gasteiger partial charge in [-0.1, -0.05) is 6.07 Å². The van der Waals surface area contributed by atoms with Gasteiger partial charge in [0.2, 0.25) is 0 Å². The van der Waals surface area contributed by atoms with E-state index in [0.29, 0.717) is 6.04 Å². The third kappa shape index (κ3) is 4.58. The van der Waals surface area contributed by atoms with Gasteiger partial charge in [-0.2, -0.15) is 0 Å². The minimum Gasteiger partial charge on any atom is -0.356 e. The molecule has 2 amide bonds. The standard InChI is InChI=1S/C17H27N5O/c1-21-10-5-14(6-11-21)19-17(23)20-15-7-12-22(13-8-15)16-4-2-3-9-18-16/h2-4,9,14-15H,5-8,10-13H2,1H3,(H2,19,20,23). The van der Waals surface area contributed by atoms with Crippen LogP contribution >= 0.6 is 0 Å². The monoisotopic (exact) mass is 317 g/mol. The Bertz CT molecular complexity index is 493. The highest BCUT2D eigenvalue weighted by atomic mass is 16.2. The maximum absolute atomic E-state index is 12.2. The molecule has 2 saturated heterocycles. The number of urea groups is 1. The van der Waals surface area contributed by atoms with Gasteiger partial charge < -0.3 is 20.4 Å². The summed E-state index contributed by atoms with van der Waals surface area (Å²) in [6, 6.07) is 6.57. The number of nitrogens with zero attached hydrogens (tertiary/aromatic N) is 3. The van der Waals surface area contributed by atoms with Crippen LogP contribution in [-0.2, 0) is 0 Å². The maximum atomic E-state index is 12.2. The molecule has 1 aromatic heterocycles. The number of anilines is 1. The Morgan fingerprint density at radius 3 is 2.22 bits per heavy atom.